The van der Waals surface area contributed by atoms with Crippen LogP contribution in [0, 0.1) is 11.6 Å². The average molecular weight is 317 g/mol. The zero-order valence-corrected chi connectivity index (χ0v) is 12.4. The molecule has 6 heteroatoms. The molecule has 0 spiro atoms. The monoisotopic (exact) mass is 317 g/mol. The fourth-order valence-electron chi connectivity index (χ4n) is 2.84. The number of hydrogen-bond acceptors (Lipinski definition) is 3. The third-order valence-electron chi connectivity index (χ3n) is 3.94. The summed E-state index contributed by atoms with van der Waals surface area (Å²) >= 11 is 0. The van der Waals surface area contributed by atoms with E-state index >= 15 is 0 Å². The number of benzene rings is 1. The number of rotatable bonds is 4. The molecule has 1 aromatic carbocycles. The van der Waals surface area contributed by atoms with Crippen molar-refractivity contribution in [3.05, 3.63) is 65.5 Å². The first kappa shape index (κ1) is 15.6. The van der Waals surface area contributed by atoms with Gasteiger partial charge >= 0.3 is 0 Å². The number of nitrogens with one attached hydrogen (secondary N) is 2. The molecule has 0 bridgehead atoms. The Labute approximate surface area is 132 Å². The van der Waals surface area contributed by atoms with E-state index in [-0.39, 0.29) is 11.9 Å². The van der Waals surface area contributed by atoms with Crippen molar-refractivity contribution in [2.45, 2.75) is 31.5 Å². The molecule has 0 aliphatic carbocycles. The van der Waals surface area contributed by atoms with Gasteiger partial charge in [-0.3, -0.25) is 9.78 Å². The minimum atomic E-state index is -0.647. The number of piperidine rings is 1. The number of aromatic nitrogens is 1. The number of pyridine rings is 1. The topological polar surface area (TPSA) is 54.0 Å². The van der Waals surface area contributed by atoms with Crippen LogP contribution < -0.4 is 10.6 Å². The third-order valence-corrected chi connectivity index (χ3v) is 3.94. The van der Waals surface area contributed by atoms with E-state index < -0.39 is 17.7 Å². The molecular formula is C17H17F2N3O. The first-order chi connectivity index (χ1) is 11.1. The fraction of sp³-hybridized carbons (Fsp3) is 0.294. The second-order valence-corrected chi connectivity index (χ2v) is 5.64. The van der Waals surface area contributed by atoms with E-state index in [0.717, 1.165) is 11.6 Å². The molecule has 0 radical (unpaired) electrons. The zero-order valence-electron chi connectivity index (χ0n) is 12.4. The number of nitrogens with zero attached hydrogens (tertiary/aromatic N) is 1. The van der Waals surface area contributed by atoms with Gasteiger partial charge in [0.05, 0.1) is 6.04 Å². The van der Waals surface area contributed by atoms with Crippen LogP contribution in [0.4, 0.5) is 8.78 Å². The van der Waals surface area contributed by atoms with Crippen molar-refractivity contribution in [2.24, 2.45) is 0 Å². The second-order valence-electron chi connectivity index (χ2n) is 5.64. The zero-order chi connectivity index (χ0) is 16.2. The first-order valence-electron chi connectivity index (χ1n) is 7.49. The molecule has 1 aliphatic rings. The third kappa shape index (κ3) is 3.90. The Balaban J connectivity index is 1.77. The lowest BCUT2D eigenvalue weighted by atomic mass is 9.91. The maximum absolute atomic E-state index is 13.5. The van der Waals surface area contributed by atoms with Crippen LogP contribution in [0.25, 0.3) is 0 Å². The highest BCUT2D eigenvalue weighted by atomic mass is 19.1. The van der Waals surface area contributed by atoms with Gasteiger partial charge in [0.25, 0.3) is 0 Å². The smallest absolute Gasteiger partial charge is 0.220 e. The number of carbonyl (C=O) groups is 1. The maximum Gasteiger partial charge on any atom is 0.220 e. The molecule has 23 heavy (non-hydrogen) atoms. The summed E-state index contributed by atoms with van der Waals surface area (Å²) in [5, 5.41) is 6.17. The predicted octanol–water partition coefficient (Wildman–Crippen LogP) is 2.47. The Hall–Kier alpha value is -2.34. The van der Waals surface area contributed by atoms with Crippen molar-refractivity contribution in [3.63, 3.8) is 0 Å². The summed E-state index contributed by atoms with van der Waals surface area (Å²) in [6.45, 7) is 0.572. The van der Waals surface area contributed by atoms with Crippen molar-refractivity contribution in [1.29, 1.82) is 0 Å². The highest BCUT2D eigenvalue weighted by molar-refractivity contribution is 5.77. The van der Waals surface area contributed by atoms with Crippen LogP contribution in [0.15, 0.2) is 42.7 Å². The molecule has 1 saturated heterocycles. The molecule has 4 nitrogen and oxygen atoms in total. The normalized spacial score (nSPS) is 21.0. The lowest BCUT2D eigenvalue weighted by molar-refractivity contribution is -0.123. The van der Waals surface area contributed by atoms with E-state index in [4.69, 9.17) is 0 Å². The largest absolute Gasteiger partial charge is 0.348 e. The van der Waals surface area contributed by atoms with Crippen LogP contribution >= 0.6 is 0 Å². The highest BCUT2D eigenvalue weighted by Gasteiger charge is 2.30. The van der Waals surface area contributed by atoms with E-state index in [1.807, 2.05) is 12.1 Å². The van der Waals surface area contributed by atoms with Gasteiger partial charge < -0.3 is 10.6 Å². The van der Waals surface area contributed by atoms with Crippen LogP contribution in [0.1, 0.15) is 30.0 Å². The van der Waals surface area contributed by atoms with Gasteiger partial charge in [0.15, 0.2) is 0 Å². The van der Waals surface area contributed by atoms with Crippen LogP contribution in [-0.2, 0) is 11.3 Å². The van der Waals surface area contributed by atoms with E-state index in [1.54, 1.807) is 12.4 Å². The van der Waals surface area contributed by atoms with E-state index in [1.165, 1.54) is 12.1 Å². The minimum Gasteiger partial charge on any atom is -0.348 e. The molecule has 2 heterocycles. The van der Waals surface area contributed by atoms with Gasteiger partial charge in [-0.2, -0.15) is 0 Å². The van der Waals surface area contributed by atoms with Crippen molar-refractivity contribution in [3.8, 4) is 0 Å². The summed E-state index contributed by atoms with van der Waals surface area (Å²) in [7, 11) is 0. The van der Waals surface area contributed by atoms with Gasteiger partial charge in [-0.1, -0.05) is 6.07 Å². The lowest BCUT2D eigenvalue weighted by Gasteiger charge is -2.33. The summed E-state index contributed by atoms with van der Waals surface area (Å²) in [6.07, 6.45) is 4.45. The maximum atomic E-state index is 13.5. The van der Waals surface area contributed by atoms with Gasteiger partial charge in [0.2, 0.25) is 5.91 Å². The minimum absolute atomic E-state index is 0.103. The molecule has 1 amide bonds. The molecular weight excluding hydrogens is 300 g/mol. The molecule has 120 valence electrons. The van der Waals surface area contributed by atoms with Crippen LogP contribution in [0.2, 0.25) is 0 Å². The highest BCUT2D eigenvalue weighted by Crippen LogP contribution is 2.26. The summed E-state index contributed by atoms with van der Waals surface area (Å²) in [4.78, 5) is 15.8. The molecule has 0 unspecified atom stereocenters. The van der Waals surface area contributed by atoms with Gasteiger partial charge in [0, 0.05) is 37.5 Å². The molecule has 1 aliphatic heterocycles. The molecule has 2 aromatic rings. The van der Waals surface area contributed by atoms with Crippen molar-refractivity contribution >= 4 is 5.91 Å². The molecule has 0 saturated carbocycles. The Bertz CT molecular complexity index is 673. The fourth-order valence-corrected chi connectivity index (χ4v) is 2.84. The summed E-state index contributed by atoms with van der Waals surface area (Å²) < 4.78 is 27.0. The van der Waals surface area contributed by atoms with Crippen LogP contribution in [-0.4, -0.2) is 16.9 Å². The van der Waals surface area contributed by atoms with Crippen molar-refractivity contribution in [1.82, 2.24) is 15.6 Å². The van der Waals surface area contributed by atoms with Gasteiger partial charge in [-0.15, -0.1) is 0 Å². The number of hydrogen-bond donors (Lipinski definition) is 2. The molecule has 2 N–H and O–H groups in total. The first-order valence-corrected chi connectivity index (χ1v) is 7.49. The summed E-state index contributed by atoms with van der Waals surface area (Å²) in [5.74, 6) is -1.41. The Morgan fingerprint density at radius 2 is 2.04 bits per heavy atom. The number of amides is 1. The Morgan fingerprint density at radius 3 is 2.74 bits per heavy atom. The van der Waals surface area contributed by atoms with Crippen molar-refractivity contribution < 1.29 is 13.6 Å². The Morgan fingerprint density at radius 1 is 1.26 bits per heavy atom. The van der Waals surface area contributed by atoms with Crippen molar-refractivity contribution in [2.75, 3.05) is 0 Å². The van der Waals surface area contributed by atoms with E-state index in [2.05, 4.69) is 15.6 Å². The van der Waals surface area contributed by atoms with Gasteiger partial charge in [-0.05, 0) is 35.7 Å². The Kier molecular flexibility index (Phi) is 4.62. The number of halogens is 2. The molecule has 1 fully saturated rings. The quantitative estimate of drug-likeness (QED) is 0.911. The van der Waals surface area contributed by atoms with Crippen LogP contribution in [0.3, 0.4) is 0 Å². The lowest BCUT2D eigenvalue weighted by Crippen LogP contribution is -2.48. The van der Waals surface area contributed by atoms with E-state index in [9.17, 15) is 13.6 Å². The predicted molar refractivity (Wildman–Crippen MR) is 81.3 cm³/mol. The second kappa shape index (κ2) is 6.83. The van der Waals surface area contributed by atoms with Gasteiger partial charge in [0.1, 0.15) is 11.6 Å². The number of carbonyl (C=O) groups excluding carboxylic acids is 1. The standard InChI is InChI=1S/C17H17F2N3O/c18-13-6-12(7-14(19)8-13)17-15(3-4-16(23)22-17)21-10-11-2-1-5-20-9-11/h1-2,5-9,15,17,21H,3-4,10H2,(H,22,23)/t15-,17+/m1/s1. The SMILES string of the molecule is O=C1CC[C@@H](NCc2cccnc2)[C@H](c2cc(F)cc(F)c2)N1. The summed E-state index contributed by atoms with van der Waals surface area (Å²) in [6, 6.07) is 6.58. The van der Waals surface area contributed by atoms with E-state index in [0.29, 0.717) is 24.9 Å². The summed E-state index contributed by atoms with van der Waals surface area (Å²) in [5.41, 5.74) is 1.44. The molecule has 2 atom stereocenters. The molecule has 1 aromatic heterocycles. The van der Waals surface area contributed by atoms with Gasteiger partial charge in [-0.25, -0.2) is 8.78 Å². The van der Waals surface area contributed by atoms with Crippen LogP contribution in [0.5, 0.6) is 0 Å². The average Bonchev–Trinajstić information content (AvgIpc) is 2.54. The molecule has 3 rings (SSSR count).